The number of hydrogen-bond acceptors (Lipinski definition) is 4. The minimum absolute atomic E-state index is 0. The molecule has 0 radical (unpaired) electrons. The molecule has 0 aliphatic carbocycles. The number of hydrogen-bond donors (Lipinski definition) is 2. The Morgan fingerprint density at radius 2 is 2.08 bits per heavy atom. The molecule has 26 heavy (non-hydrogen) atoms. The first kappa shape index (κ1) is 21.4. The number of aliphatic hydroxyl groups is 1. The van der Waals surface area contributed by atoms with Crippen molar-refractivity contribution in [3.63, 3.8) is 0 Å². The molecule has 2 aromatic rings. The molecule has 1 unspecified atom stereocenters. The van der Waals surface area contributed by atoms with Crippen LogP contribution >= 0.6 is 12.4 Å². The van der Waals surface area contributed by atoms with Crippen LogP contribution in [-0.2, 0) is 17.5 Å². The van der Waals surface area contributed by atoms with Crippen molar-refractivity contribution < 1.29 is 27.5 Å². The Kier molecular flexibility index (Phi) is 6.35. The second kappa shape index (κ2) is 7.72. The van der Waals surface area contributed by atoms with Gasteiger partial charge in [-0.15, -0.1) is 12.4 Å². The molecule has 2 rings (SSSR count). The number of benzene rings is 1. The lowest BCUT2D eigenvalue weighted by Gasteiger charge is -2.22. The third-order valence-corrected chi connectivity index (χ3v) is 3.26. The highest BCUT2D eigenvalue weighted by molar-refractivity contribution is 5.96. The van der Waals surface area contributed by atoms with E-state index < -0.39 is 41.2 Å². The summed E-state index contributed by atoms with van der Waals surface area (Å²) in [6.45, 7) is 0.696. The number of aromatic nitrogens is 2. The van der Waals surface area contributed by atoms with E-state index in [1.807, 2.05) is 0 Å². The van der Waals surface area contributed by atoms with E-state index in [2.05, 4.69) is 10.4 Å². The van der Waals surface area contributed by atoms with Crippen LogP contribution in [-0.4, -0.2) is 26.4 Å². The van der Waals surface area contributed by atoms with Crippen molar-refractivity contribution in [1.82, 2.24) is 9.78 Å². The zero-order valence-corrected chi connectivity index (χ0v) is 14.0. The molecule has 0 spiro atoms. The lowest BCUT2D eigenvalue weighted by molar-refractivity contribution is -0.138. The van der Waals surface area contributed by atoms with Gasteiger partial charge >= 0.3 is 6.18 Å². The fourth-order valence-corrected chi connectivity index (χ4v) is 2.03. The van der Waals surface area contributed by atoms with Crippen molar-refractivity contribution in [2.24, 2.45) is 0 Å². The number of rotatable bonds is 4. The Balaban J connectivity index is 0.00000338. The lowest BCUT2D eigenvalue weighted by atomic mass is 10.0. The molecule has 1 amide bonds. The Bertz CT molecular complexity index is 843. The van der Waals surface area contributed by atoms with Gasteiger partial charge < -0.3 is 10.4 Å². The summed E-state index contributed by atoms with van der Waals surface area (Å²) in [7, 11) is 0. The largest absolute Gasteiger partial charge is 0.417 e. The van der Waals surface area contributed by atoms with Gasteiger partial charge in [-0.1, -0.05) is 0 Å². The molecule has 1 heterocycles. The van der Waals surface area contributed by atoms with Crippen LogP contribution in [0.2, 0.25) is 0 Å². The van der Waals surface area contributed by atoms with Crippen molar-refractivity contribution >= 4 is 24.0 Å². The number of anilines is 1. The molecule has 0 aliphatic rings. The van der Waals surface area contributed by atoms with Crippen LogP contribution < -0.4 is 5.32 Å². The number of carbonyl (C=O) groups excluding carboxylic acids is 1. The fraction of sp³-hybridized carbons (Fsp3) is 0.267. The van der Waals surface area contributed by atoms with Crippen LogP contribution in [0.4, 0.5) is 23.2 Å². The second-order valence-electron chi connectivity index (χ2n) is 5.45. The third kappa shape index (κ3) is 4.93. The van der Waals surface area contributed by atoms with E-state index >= 15 is 0 Å². The number of carbonyl (C=O) groups is 1. The van der Waals surface area contributed by atoms with E-state index in [0.29, 0.717) is 6.07 Å². The molecule has 1 aromatic carbocycles. The SMILES string of the molecule is CC(O)(Cn1cc(F)cn1)C(=O)Nc1ccc(C#N)c(C(F)(F)F)c1.Cl. The molecule has 11 heteroatoms. The monoisotopic (exact) mass is 392 g/mol. The van der Waals surface area contributed by atoms with Crippen molar-refractivity contribution in [3.8, 4) is 6.07 Å². The van der Waals surface area contributed by atoms with Crippen molar-refractivity contribution in [1.29, 1.82) is 5.26 Å². The summed E-state index contributed by atoms with van der Waals surface area (Å²) in [5, 5.41) is 24.6. The molecule has 0 saturated carbocycles. The molecule has 0 saturated heterocycles. The quantitative estimate of drug-likeness (QED) is 0.783. The number of halogens is 5. The molecule has 0 fully saturated rings. The molecule has 140 valence electrons. The van der Waals surface area contributed by atoms with Crippen LogP contribution in [0.25, 0.3) is 0 Å². The van der Waals surface area contributed by atoms with Gasteiger partial charge in [-0.2, -0.15) is 23.5 Å². The predicted molar refractivity (Wildman–Crippen MR) is 84.8 cm³/mol. The summed E-state index contributed by atoms with van der Waals surface area (Å²) in [6.07, 6.45) is -2.95. The highest BCUT2D eigenvalue weighted by Crippen LogP contribution is 2.33. The van der Waals surface area contributed by atoms with Crippen LogP contribution in [0.1, 0.15) is 18.1 Å². The second-order valence-corrected chi connectivity index (χ2v) is 5.45. The average Bonchev–Trinajstić information content (AvgIpc) is 2.90. The standard InChI is InChI=1S/C15H12F4N4O2.ClH/c1-14(25,8-23-7-10(16)6-21-23)13(24)22-11-3-2-9(5-20)12(4-11)15(17,18)19;/h2-4,6-7,25H,8H2,1H3,(H,22,24);1H. The zero-order valence-electron chi connectivity index (χ0n) is 13.2. The van der Waals surface area contributed by atoms with E-state index in [1.54, 1.807) is 0 Å². The normalized spacial score (nSPS) is 13.3. The van der Waals surface area contributed by atoms with Crippen LogP contribution in [0.3, 0.4) is 0 Å². The van der Waals surface area contributed by atoms with Gasteiger partial charge in [-0.05, 0) is 25.1 Å². The molecule has 6 nitrogen and oxygen atoms in total. The predicted octanol–water partition coefficient (Wildman–Crippen LogP) is 2.72. The first-order valence-electron chi connectivity index (χ1n) is 6.86. The Labute approximate surface area is 151 Å². The molecule has 2 N–H and O–H groups in total. The molecule has 1 aromatic heterocycles. The van der Waals surface area contributed by atoms with Gasteiger partial charge in [0.2, 0.25) is 0 Å². The maximum absolute atomic E-state index is 12.9. The van der Waals surface area contributed by atoms with Gasteiger partial charge in [0.15, 0.2) is 11.4 Å². The number of nitrogens with one attached hydrogen (secondary N) is 1. The molecule has 1 atom stereocenters. The number of nitrogens with zero attached hydrogens (tertiary/aromatic N) is 3. The highest BCUT2D eigenvalue weighted by atomic mass is 35.5. The van der Waals surface area contributed by atoms with E-state index in [4.69, 9.17) is 5.26 Å². The summed E-state index contributed by atoms with van der Waals surface area (Å²) >= 11 is 0. The highest BCUT2D eigenvalue weighted by Gasteiger charge is 2.35. The zero-order chi connectivity index (χ0) is 18.8. The van der Waals surface area contributed by atoms with Crippen LogP contribution in [0, 0.1) is 17.1 Å². The average molecular weight is 393 g/mol. The van der Waals surface area contributed by atoms with Crippen LogP contribution in [0.5, 0.6) is 0 Å². The molecule has 0 aliphatic heterocycles. The minimum atomic E-state index is -4.78. The maximum atomic E-state index is 12.9. The van der Waals surface area contributed by atoms with E-state index in [0.717, 1.165) is 36.1 Å². The first-order valence-corrected chi connectivity index (χ1v) is 6.86. The maximum Gasteiger partial charge on any atom is 0.417 e. The van der Waals surface area contributed by atoms with Gasteiger partial charge in [0.1, 0.15) is 0 Å². The van der Waals surface area contributed by atoms with Crippen molar-refractivity contribution in [2.45, 2.75) is 25.2 Å². The Hall–Kier alpha value is -2.64. The van der Waals surface area contributed by atoms with Gasteiger partial charge in [0.25, 0.3) is 5.91 Å². The van der Waals surface area contributed by atoms with Crippen molar-refractivity contribution in [2.75, 3.05) is 5.32 Å². The van der Waals surface area contributed by atoms with Crippen molar-refractivity contribution in [3.05, 3.63) is 47.5 Å². The summed E-state index contributed by atoms with van der Waals surface area (Å²) in [6, 6.07) is 4.04. The van der Waals surface area contributed by atoms with E-state index in [-0.39, 0.29) is 18.1 Å². The smallest absolute Gasteiger partial charge is 0.378 e. The number of alkyl halides is 3. The fourth-order valence-electron chi connectivity index (χ4n) is 2.03. The van der Waals surface area contributed by atoms with Gasteiger partial charge in [0, 0.05) is 5.69 Å². The summed E-state index contributed by atoms with van der Waals surface area (Å²) in [4.78, 5) is 12.1. The topological polar surface area (TPSA) is 90.9 Å². The van der Waals surface area contributed by atoms with E-state index in [1.165, 1.54) is 6.07 Å². The molecular weight excluding hydrogens is 380 g/mol. The van der Waals surface area contributed by atoms with Gasteiger partial charge in [-0.25, -0.2) is 4.39 Å². The van der Waals surface area contributed by atoms with Gasteiger partial charge in [0.05, 0.1) is 36.1 Å². The number of nitriles is 1. The summed E-state index contributed by atoms with van der Waals surface area (Å²) in [5.41, 5.74) is -4.11. The Morgan fingerprint density at radius 1 is 1.42 bits per heavy atom. The van der Waals surface area contributed by atoms with Gasteiger partial charge in [-0.3, -0.25) is 9.48 Å². The molecule has 0 bridgehead atoms. The number of amides is 1. The lowest BCUT2D eigenvalue weighted by Crippen LogP contribution is -2.43. The summed E-state index contributed by atoms with van der Waals surface area (Å²) in [5.74, 6) is -1.68. The van der Waals surface area contributed by atoms with Crippen LogP contribution in [0.15, 0.2) is 30.6 Å². The van der Waals surface area contributed by atoms with E-state index in [9.17, 15) is 27.5 Å². The first-order chi connectivity index (χ1) is 11.5. The molecular formula is C15H13ClF4N4O2. The third-order valence-electron chi connectivity index (χ3n) is 3.26. The minimum Gasteiger partial charge on any atom is -0.378 e. The Morgan fingerprint density at radius 3 is 2.58 bits per heavy atom. The summed E-state index contributed by atoms with van der Waals surface area (Å²) < 4.78 is 52.6.